The number of rotatable bonds is 45. The van der Waals surface area contributed by atoms with Gasteiger partial charge in [0.1, 0.15) is 6.10 Å². The van der Waals surface area contributed by atoms with Gasteiger partial charge in [0.25, 0.3) is 0 Å². The van der Waals surface area contributed by atoms with Crippen molar-refractivity contribution in [1.82, 2.24) is 5.32 Å². The average molecular weight is 804 g/mol. The third-order valence-corrected chi connectivity index (χ3v) is 11.5. The number of esters is 1. The molecule has 336 valence electrons. The number of carbonyl (C=O) groups excluding carboxylic acids is 2. The molecule has 0 aromatic rings. The number of unbranched alkanes of at least 4 members (excludes halogenated alkanes) is 29. The second kappa shape index (κ2) is 45.4. The Kier molecular flexibility index (Phi) is 44.1. The molecule has 0 saturated heterocycles. The molecule has 0 aliphatic rings. The number of hydrogen-bond acceptors (Lipinski definition) is 5. The lowest BCUT2D eigenvalue weighted by molar-refractivity contribution is -0.151. The summed E-state index contributed by atoms with van der Waals surface area (Å²) >= 11 is 0. The highest BCUT2D eigenvalue weighted by atomic mass is 16.5. The van der Waals surface area contributed by atoms with Gasteiger partial charge < -0.3 is 20.3 Å². The van der Waals surface area contributed by atoms with Crippen molar-refractivity contribution >= 4 is 11.9 Å². The van der Waals surface area contributed by atoms with E-state index in [1.54, 1.807) is 0 Å². The number of hydrogen-bond donors (Lipinski definition) is 3. The zero-order valence-corrected chi connectivity index (χ0v) is 38.2. The molecule has 6 nitrogen and oxygen atoms in total. The van der Waals surface area contributed by atoms with Gasteiger partial charge in [-0.15, -0.1) is 0 Å². The molecule has 0 spiro atoms. The molecular formula is C51H97NO5. The molecule has 0 aromatic heterocycles. The number of carbonyl (C=O) groups is 2. The van der Waals surface area contributed by atoms with E-state index in [1.807, 2.05) is 0 Å². The Morgan fingerprint density at radius 1 is 0.491 bits per heavy atom. The van der Waals surface area contributed by atoms with Crippen LogP contribution in [0.25, 0.3) is 0 Å². The van der Waals surface area contributed by atoms with E-state index < -0.39 is 18.2 Å². The molecule has 0 fully saturated rings. The molecule has 0 radical (unpaired) electrons. The molecule has 0 bridgehead atoms. The number of aliphatic hydroxyl groups excluding tert-OH is 2. The maximum Gasteiger partial charge on any atom is 0.306 e. The first-order valence-electron chi connectivity index (χ1n) is 25.1. The second-order valence-electron chi connectivity index (χ2n) is 17.2. The lowest BCUT2D eigenvalue weighted by atomic mass is 10.0. The lowest BCUT2D eigenvalue weighted by Gasteiger charge is -2.24. The van der Waals surface area contributed by atoms with Gasteiger partial charge in [-0.2, -0.15) is 0 Å². The molecule has 0 aromatic carbocycles. The molecule has 0 heterocycles. The van der Waals surface area contributed by atoms with Crippen molar-refractivity contribution < 1.29 is 24.5 Å². The van der Waals surface area contributed by atoms with E-state index in [0.717, 1.165) is 70.6 Å². The first kappa shape index (κ1) is 55.3. The standard InChI is InChI=1S/C51H97NO5/c1-4-7-10-13-16-19-21-23-24-25-27-28-31-33-36-39-42-47(57-51(56)44-41-38-35-32-29-26-22-20-17-14-11-8-5-2)45-50(55)52-48(46-53)49(54)43-40-37-34-30-18-15-12-9-6-3/h26-29,47-49,53-54H,4-25,30-46H2,1-3H3,(H,52,55)/b28-27+,29-26-. The van der Waals surface area contributed by atoms with Gasteiger partial charge in [0.15, 0.2) is 0 Å². The Labute approximate surface area is 354 Å². The molecule has 0 rings (SSSR count). The van der Waals surface area contributed by atoms with E-state index in [0.29, 0.717) is 19.3 Å². The molecule has 3 atom stereocenters. The summed E-state index contributed by atoms with van der Waals surface area (Å²) in [4.78, 5) is 26.0. The zero-order chi connectivity index (χ0) is 41.7. The molecule has 0 aliphatic heterocycles. The van der Waals surface area contributed by atoms with Crippen molar-refractivity contribution in [2.75, 3.05) is 6.61 Å². The third-order valence-electron chi connectivity index (χ3n) is 11.5. The molecule has 0 aliphatic carbocycles. The van der Waals surface area contributed by atoms with Crippen molar-refractivity contribution in [3.63, 3.8) is 0 Å². The molecule has 3 N–H and O–H groups in total. The highest BCUT2D eigenvalue weighted by Crippen LogP contribution is 2.17. The first-order chi connectivity index (χ1) is 28.0. The summed E-state index contributed by atoms with van der Waals surface area (Å²) in [6, 6.07) is -0.704. The minimum atomic E-state index is -0.789. The average Bonchev–Trinajstić information content (AvgIpc) is 3.20. The fraction of sp³-hybridized carbons (Fsp3) is 0.882. The van der Waals surface area contributed by atoms with Gasteiger partial charge in [0, 0.05) is 6.42 Å². The van der Waals surface area contributed by atoms with Crippen LogP contribution in [0.4, 0.5) is 0 Å². The summed E-state index contributed by atoms with van der Waals surface area (Å²) in [6.45, 7) is 6.46. The Bertz CT molecular complexity index is 904. The SMILES string of the molecule is CCCCCCCC/C=C\CCCCCC(=O)OC(CCCCC/C=C/CCCCCCCCCCC)CC(=O)NC(CO)C(O)CCCCCCCCCCC. The Morgan fingerprint density at radius 3 is 1.26 bits per heavy atom. The van der Waals surface area contributed by atoms with Gasteiger partial charge >= 0.3 is 5.97 Å². The Hall–Kier alpha value is -1.66. The van der Waals surface area contributed by atoms with Crippen LogP contribution in [-0.2, 0) is 14.3 Å². The quantitative estimate of drug-likeness (QED) is 0.0324. The number of ether oxygens (including phenoxy) is 1. The summed E-state index contributed by atoms with van der Waals surface area (Å²) in [5.74, 6) is -0.500. The van der Waals surface area contributed by atoms with Gasteiger partial charge in [0.05, 0.1) is 25.2 Å². The highest BCUT2D eigenvalue weighted by molar-refractivity contribution is 5.77. The summed E-state index contributed by atoms with van der Waals surface area (Å²) in [7, 11) is 0. The molecule has 3 unspecified atom stereocenters. The summed E-state index contributed by atoms with van der Waals surface area (Å²) < 4.78 is 5.91. The maximum absolute atomic E-state index is 13.1. The monoisotopic (exact) mass is 804 g/mol. The van der Waals surface area contributed by atoms with Crippen molar-refractivity contribution in [1.29, 1.82) is 0 Å². The summed E-state index contributed by atoms with van der Waals surface area (Å²) in [5, 5.41) is 23.6. The predicted molar refractivity (Wildman–Crippen MR) is 246 cm³/mol. The van der Waals surface area contributed by atoms with Crippen LogP contribution in [-0.4, -0.2) is 46.9 Å². The molecule has 0 saturated carbocycles. The fourth-order valence-electron chi connectivity index (χ4n) is 7.65. The van der Waals surface area contributed by atoms with Crippen molar-refractivity contribution in [2.45, 2.75) is 283 Å². The van der Waals surface area contributed by atoms with Crippen LogP contribution in [0.5, 0.6) is 0 Å². The van der Waals surface area contributed by atoms with Gasteiger partial charge in [-0.1, -0.05) is 199 Å². The molecule has 57 heavy (non-hydrogen) atoms. The van der Waals surface area contributed by atoms with Gasteiger partial charge in [-0.3, -0.25) is 9.59 Å². The lowest BCUT2D eigenvalue weighted by Crippen LogP contribution is -2.46. The van der Waals surface area contributed by atoms with Gasteiger partial charge in [-0.05, 0) is 77.0 Å². The molecular weight excluding hydrogens is 707 g/mol. The van der Waals surface area contributed by atoms with E-state index in [9.17, 15) is 19.8 Å². The van der Waals surface area contributed by atoms with Gasteiger partial charge in [0.2, 0.25) is 5.91 Å². The maximum atomic E-state index is 13.1. The normalized spacial score (nSPS) is 13.4. The van der Waals surface area contributed by atoms with Crippen molar-refractivity contribution in [3.8, 4) is 0 Å². The number of amides is 1. The third kappa shape index (κ3) is 40.9. The van der Waals surface area contributed by atoms with E-state index >= 15 is 0 Å². The van der Waals surface area contributed by atoms with Gasteiger partial charge in [-0.25, -0.2) is 0 Å². The molecule has 6 heteroatoms. The minimum absolute atomic E-state index is 0.0645. The fourth-order valence-corrected chi connectivity index (χ4v) is 7.65. The zero-order valence-electron chi connectivity index (χ0n) is 38.2. The first-order valence-corrected chi connectivity index (χ1v) is 25.1. The van der Waals surface area contributed by atoms with E-state index in [1.165, 1.54) is 148 Å². The second-order valence-corrected chi connectivity index (χ2v) is 17.2. The Balaban J connectivity index is 4.61. The van der Waals surface area contributed by atoms with Crippen LogP contribution < -0.4 is 5.32 Å². The van der Waals surface area contributed by atoms with E-state index in [-0.39, 0.29) is 24.9 Å². The van der Waals surface area contributed by atoms with Crippen molar-refractivity contribution in [3.05, 3.63) is 24.3 Å². The molecule has 1 amide bonds. The Morgan fingerprint density at radius 2 is 0.842 bits per heavy atom. The van der Waals surface area contributed by atoms with E-state index in [2.05, 4.69) is 50.4 Å². The van der Waals surface area contributed by atoms with Crippen LogP contribution >= 0.6 is 0 Å². The number of nitrogens with one attached hydrogen (secondary N) is 1. The number of allylic oxidation sites excluding steroid dienone is 4. The van der Waals surface area contributed by atoms with Crippen LogP contribution in [0.15, 0.2) is 24.3 Å². The van der Waals surface area contributed by atoms with Crippen LogP contribution in [0.3, 0.4) is 0 Å². The van der Waals surface area contributed by atoms with Crippen LogP contribution in [0.2, 0.25) is 0 Å². The topological polar surface area (TPSA) is 95.9 Å². The minimum Gasteiger partial charge on any atom is -0.462 e. The summed E-state index contributed by atoms with van der Waals surface area (Å²) in [5.41, 5.74) is 0. The predicted octanol–water partition coefficient (Wildman–Crippen LogP) is 14.7. The van der Waals surface area contributed by atoms with Crippen LogP contribution in [0.1, 0.15) is 265 Å². The van der Waals surface area contributed by atoms with Crippen LogP contribution in [0, 0.1) is 0 Å². The smallest absolute Gasteiger partial charge is 0.306 e. The summed E-state index contributed by atoms with van der Waals surface area (Å²) in [6.07, 6.45) is 51.0. The highest BCUT2D eigenvalue weighted by Gasteiger charge is 2.24. The largest absolute Gasteiger partial charge is 0.462 e. The van der Waals surface area contributed by atoms with E-state index in [4.69, 9.17) is 4.74 Å². The van der Waals surface area contributed by atoms with Crippen molar-refractivity contribution in [2.24, 2.45) is 0 Å². The number of aliphatic hydroxyl groups is 2.